The molecule has 150 valence electrons. The van der Waals surface area contributed by atoms with Crippen molar-refractivity contribution in [2.75, 3.05) is 20.8 Å². The van der Waals surface area contributed by atoms with Crippen LogP contribution < -0.4 is 14.8 Å². The molecule has 2 amide bonds. The summed E-state index contributed by atoms with van der Waals surface area (Å²) in [4.78, 5) is 26.8. The first-order valence-electron chi connectivity index (χ1n) is 9.01. The molecule has 7 heteroatoms. The molecule has 0 aliphatic rings. The fourth-order valence-electron chi connectivity index (χ4n) is 2.84. The Morgan fingerprint density at radius 1 is 1.18 bits per heavy atom. The van der Waals surface area contributed by atoms with E-state index in [9.17, 15) is 9.59 Å². The second-order valence-electron chi connectivity index (χ2n) is 6.13. The van der Waals surface area contributed by atoms with Gasteiger partial charge in [-0.3, -0.25) is 9.59 Å². The Kier molecular flexibility index (Phi) is 8.14. The number of methoxy groups -OCH3 is 1. The highest BCUT2D eigenvalue weighted by Gasteiger charge is 2.28. The van der Waals surface area contributed by atoms with Crippen LogP contribution in [0.25, 0.3) is 0 Å². The first-order valence-corrected chi connectivity index (χ1v) is 9.39. The smallest absolute Gasteiger partial charge is 0.261 e. The Morgan fingerprint density at radius 2 is 1.93 bits per heavy atom. The number of nitrogens with zero attached hydrogens (tertiary/aromatic N) is 1. The van der Waals surface area contributed by atoms with Crippen molar-refractivity contribution in [1.29, 1.82) is 0 Å². The lowest BCUT2D eigenvalue weighted by molar-refractivity contribution is -0.142. The van der Waals surface area contributed by atoms with Gasteiger partial charge in [0.2, 0.25) is 5.91 Å². The van der Waals surface area contributed by atoms with Gasteiger partial charge in [0.25, 0.3) is 5.91 Å². The highest BCUT2D eigenvalue weighted by Crippen LogP contribution is 2.23. The Hall–Kier alpha value is -2.73. The molecule has 2 aromatic rings. The van der Waals surface area contributed by atoms with Gasteiger partial charge in [0.05, 0.1) is 12.1 Å². The second kappa shape index (κ2) is 10.6. The van der Waals surface area contributed by atoms with Crippen molar-refractivity contribution in [2.24, 2.45) is 0 Å². The van der Waals surface area contributed by atoms with Gasteiger partial charge in [-0.15, -0.1) is 0 Å². The van der Waals surface area contributed by atoms with Gasteiger partial charge >= 0.3 is 0 Å². The minimum atomic E-state index is -0.612. The van der Waals surface area contributed by atoms with Crippen LogP contribution in [0.5, 0.6) is 11.5 Å². The zero-order valence-electron chi connectivity index (χ0n) is 16.3. The molecule has 1 N–H and O–H groups in total. The SMILES string of the molecule is CC[C@@H](C(=O)NC)N(Cc1cccc(OC)c1)C(=O)COc1ccccc1Cl. The van der Waals surface area contributed by atoms with Gasteiger partial charge in [-0.25, -0.2) is 0 Å². The first kappa shape index (κ1) is 21.6. The number of para-hydroxylation sites is 1. The van der Waals surface area contributed by atoms with Crippen LogP contribution >= 0.6 is 11.6 Å². The predicted molar refractivity (Wildman–Crippen MR) is 109 cm³/mol. The van der Waals surface area contributed by atoms with Gasteiger partial charge in [-0.05, 0) is 36.2 Å². The third-order valence-corrected chi connectivity index (χ3v) is 4.62. The van der Waals surface area contributed by atoms with E-state index in [-0.39, 0.29) is 25.0 Å². The number of hydrogen-bond donors (Lipinski definition) is 1. The van der Waals surface area contributed by atoms with Gasteiger partial charge in [-0.2, -0.15) is 0 Å². The molecule has 0 aliphatic heterocycles. The summed E-state index contributed by atoms with van der Waals surface area (Å²) in [6, 6.07) is 13.7. The van der Waals surface area contributed by atoms with Crippen LogP contribution in [0.4, 0.5) is 0 Å². The van der Waals surface area contributed by atoms with E-state index in [1.165, 1.54) is 4.90 Å². The van der Waals surface area contributed by atoms with E-state index in [0.29, 0.717) is 22.9 Å². The minimum absolute atomic E-state index is 0.221. The Balaban J connectivity index is 2.22. The number of nitrogens with one attached hydrogen (secondary N) is 1. The maximum absolute atomic E-state index is 13.0. The summed E-state index contributed by atoms with van der Waals surface area (Å²) in [6.07, 6.45) is 0.474. The van der Waals surface area contributed by atoms with Gasteiger partial charge in [0, 0.05) is 13.6 Å². The monoisotopic (exact) mass is 404 g/mol. The molecule has 0 unspecified atom stereocenters. The summed E-state index contributed by atoms with van der Waals surface area (Å²) in [5.74, 6) is 0.576. The normalized spacial score (nSPS) is 11.4. The molecule has 2 aromatic carbocycles. The van der Waals surface area contributed by atoms with Crippen LogP contribution in [-0.4, -0.2) is 43.5 Å². The molecule has 0 fully saturated rings. The predicted octanol–water partition coefficient (Wildman–Crippen LogP) is 3.28. The third-order valence-electron chi connectivity index (χ3n) is 4.31. The molecule has 28 heavy (non-hydrogen) atoms. The summed E-state index contributed by atoms with van der Waals surface area (Å²) in [6.45, 7) is 1.90. The summed E-state index contributed by atoms with van der Waals surface area (Å²) in [5.41, 5.74) is 0.854. The Morgan fingerprint density at radius 3 is 2.57 bits per heavy atom. The maximum atomic E-state index is 13.0. The fraction of sp³-hybridized carbons (Fsp3) is 0.333. The third kappa shape index (κ3) is 5.63. The highest BCUT2D eigenvalue weighted by molar-refractivity contribution is 6.32. The molecule has 0 saturated carbocycles. The number of likely N-dealkylation sites (N-methyl/N-ethyl adjacent to an activating group) is 1. The minimum Gasteiger partial charge on any atom is -0.497 e. The zero-order valence-corrected chi connectivity index (χ0v) is 17.0. The van der Waals surface area contributed by atoms with E-state index < -0.39 is 6.04 Å². The molecule has 2 rings (SSSR count). The lowest BCUT2D eigenvalue weighted by atomic mass is 10.1. The topological polar surface area (TPSA) is 67.9 Å². The lowest BCUT2D eigenvalue weighted by Gasteiger charge is -2.30. The molecular formula is C21H25ClN2O4. The van der Waals surface area contributed by atoms with Gasteiger partial charge in [-0.1, -0.05) is 42.8 Å². The van der Waals surface area contributed by atoms with Gasteiger partial charge < -0.3 is 19.7 Å². The molecule has 0 radical (unpaired) electrons. The van der Waals surface area contributed by atoms with Crippen LogP contribution in [0.1, 0.15) is 18.9 Å². The fourth-order valence-corrected chi connectivity index (χ4v) is 3.03. The number of benzene rings is 2. The summed E-state index contributed by atoms with van der Waals surface area (Å²) in [5, 5.41) is 3.05. The molecule has 1 atom stereocenters. The van der Waals surface area contributed by atoms with Crippen LogP contribution in [0.15, 0.2) is 48.5 Å². The number of ether oxygens (including phenoxy) is 2. The van der Waals surface area contributed by atoms with E-state index in [2.05, 4.69) is 5.32 Å². The Labute approximate surface area is 170 Å². The van der Waals surface area contributed by atoms with Crippen molar-refractivity contribution in [3.63, 3.8) is 0 Å². The quantitative estimate of drug-likeness (QED) is 0.696. The van der Waals surface area contributed by atoms with Gasteiger partial charge in [0.15, 0.2) is 6.61 Å². The standard InChI is InChI=1S/C21H25ClN2O4/c1-4-18(21(26)23-2)24(13-15-8-7-9-16(12-15)27-3)20(25)14-28-19-11-6-5-10-17(19)22/h5-12,18H,4,13-14H2,1-3H3,(H,23,26)/t18-/m0/s1. The van der Waals surface area contributed by atoms with Crippen LogP contribution in [-0.2, 0) is 16.1 Å². The number of rotatable bonds is 9. The molecule has 6 nitrogen and oxygen atoms in total. The number of amides is 2. The Bertz CT molecular complexity index is 812. The number of hydrogen-bond acceptors (Lipinski definition) is 4. The van der Waals surface area contributed by atoms with E-state index in [1.54, 1.807) is 38.4 Å². The number of carbonyl (C=O) groups excluding carboxylic acids is 2. The number of halogens is 1. The number of carbonyl (C=O) groups is 2. The largest absolute Gasteiger partial charge is 0.497 e. The van der Waals surface area contributed by atoms with Crippen molar-refractivity contribution >= 4 is 23.4 Å². The molecule has 0 aliphatic carbocycles. The summed E-state index contributed by atoms with van der Waals surface area (Å²) < 4.78 is 10.8. The van der Waals surface area contributed by atoms with Crippen molar-refractivity contribution in [3.05, 3.63) is 59.1 Å². The second-order valence-corrected chi connectivity index (χ2v) is 6.54. The molecule has 0 aromatic heterocycles. The van der Waals surface area contributed by atoms with Crippen molar-refractivity contribution in [1.82, 2.24) is 10.2 Å². The summed E-state index contributed by atoms with van der Waals surface area (Å²) in [7, 11) is 3.14. The molecule has 0 heterocycles. The van der Waals surface area contributed by atoms with Crippen LogP contribution in [0, 0.1) is 0 Å². The van der Waals surface area contributed by atoms with Crippen molar-refractivity contribution in [3.8, 4) is 11.5 Å². The molecule has 0 bridgehead atoms. The molecular weight excluding hydrogens is 380 g/mol. The average molecular weight is 405 g/mol. The van der Waals surface area contributed by atoms with Crippen LogP contribution in [0.3, 0.4) is 0 Å². The maximum Gasteiger partial charge on any atom is 0.261 e. The van der Waals surface area contributed by atoms with Crippen molar-refractivity contribution in [2.45, 2.75) is 25.9 Å². The van der Waals surface area contributed by atoms with E-state index in [4.69, 9.17) is 21.1 Å². The van der Waals surface area contributed by atoms with E-state index in [1.807, 2.05) is 31.2 Å². The highest BCUT2D eigenvalue weighted by atomic mass is 35.5. The molecule has 0 saturated heterocycles. The van der Waals surface area contributed by atoms with Crippen molar-refractivity contribution < 1.29 is 19.1 Å². The average Bonchev–Trinajstić information content (AvgIpc) is 2.72. The summed E-state index contributed by atoms with van der Waals surface area (Å²) >= 11 is 6.09. The molecule has 0 spiro atoms. The lowest BCUT2D eigenvalue weighted by Crippen LogP contribution is -2.49. The zero-order chi connectivity index (χ0) is 20.5. The van der Waals surface area contributed by atoms with Gasteiger partial charge in [0.1, 0.15) is 17.5 Å². The first-order chi connectivity index (χ1) is 13.5. The van der Waals surface area contributed by atoms with E-state index in [0.717, 1.165) is 5.56 Å². The van der Waals surface area contributed by atoms with Crippen LogP contribution in [0.2, 0.25) is 5.02 Å². The van der Waals surface area contributed by atoms with E-state index >= 15 is 0 Å².